The molecule has 130 valence electrons. The summed E-state index contributed by atoms with van der Waals surface area (Å²) in [7, 11) is 1.72. The van der Waals surface area contributed by atoms with Crippen LogP contribution in [0.3, 0.4) is 0 Å². The molecule has 1 unspecified atom stereocenters. The van der Waals surface area contributed by atoms with Crippen LogP contribution in [0.4, 0.5) is 4.79 Å². The van der Waals surface area contributed by atoms with Gasteiger partial charge < -0.3 is 10.2 Å². The second-order valence-corrected chi connectivity index (χ2v) is 7.81. The molecule has 0 fully saturated rings. The Bertz CT molecular complexity index is 538. The highest BCUT2D eigenvalue weighted by atomic mass is 32.1. The number of nitrogens with zero attached hydrogens (tertiary/aromatic N) is 2. The fraction of sp³-hybridized carbons (Fsp3) is 0.706. The number of carbonyl (C=O) groups is 2. The van der Waals surface area contributed by atoms with E-state index in [1.54, 1.807) is 23.3 Å². The van der Waals surface area contributed by atoms with Gasteiger partial charge in [-0.05, 0) is 5.92 Å². The number of nitrogens with one attached hydrogen (secondary N) is 1. The fourth-order valence-electron chi connectivity index (χ4n) is 2.14. The van der Waals surface area contributed by atoms with Crippen molar-refractivity contribution < 1.29 is 9.59 Å². The van der Waals surface area contributed by atoms with E-state index in [2.05, 4.69) is 24.1 Å². The van der Waals surface area contributed by atoms with Gasteiger partial charge in [0.1, 0.15) is 0 Å². The van der Waals surface area contributed by atoms with Gasteiger partial charge in [-0.15, -0.1) is 11.3 Å². The third-order valence-electron chi connectivity index (χ3n) is 3.63. The molecule has 0 aliphatic carbocycles. The van der Waals surface area contributed by atoms with E-state index in [4.69, 9.17) is 0 Å². The van der Waals surface area contributed by atoms with Crippen molar-refractivity contribution in [2.75, 3.05) is 7.05 Å². The molecule has 0 bridgehead atoms. The standard InChI is InChI=1S/C17H29N3O2S/c1-10(2)14(15(21)11(3)4)19-17(22)20(7)8-13-9-23-16(18-13)12(5)6/h9-12,14H,8H2,1-7H3,(H,19,22). The van der Waals surface area contributed by atoms with Gasteiger partial charge in [-0.3, -0.25) is 4.79 Å². The third-order valence-corrected chi connectivity index (χ3v) is 4.82. The van der Waals surface area contributed by atoms with Crippen molar-refractivity contribution in [2.45, 2.75) is 60.0 Å². The number of Topliss-reactive ketones (excluding diaryl/α,β-unsaturated/α-hetero) is 1. The molecule has 0 saturated heterocycles. The molecular weight excluding hydrogens is 310 g/mol. The summed E-state index contributed by atoms with van der Waals surface area (Å²) in [5.41, 5.74) is 0.882. The lowest BCUT2D eigenvalue weighted by molar-refractivity contribution is -0.124. The normalized spacial score (nSPS) is 12.8. The molecule has 6 heteroatoms. The number of rotatable bonds is 7. The van der Waals surface area contributed by atoms with Gasteiger partial charge in [0.15, 0.2) is 5.78 Å². The van der Waals surface area contributed by atoms with Crippen molar-refractivity contribution >= 4 is 23.2 Å². The Morgan fingerprint density at radius 3 is 2.26 bits per heavy atom. The Morgan fingerprint density at radius 2 is 1.83 bits per heavy atom. The SMILES string of the molecule is CC(C)C(=O)C(NC(=O)N(C)Cc1csc(C(C)C)n1)C(C)C. The molecule has 0 saturated carbocycles. The summed E-state index contributed by atoms with van der Waals surface area (Å²) in [5, 5.41) is 5.92. The van der Waals surface area contributed by atoms with E-state index >= 15 is 0 Å². The molecule has 0 radical (unpaired) electrons. The van der Waals surface area contributed by atoms with Crippen molar-refractivity contribution in [3.8, 4) is 0 Å². The quantitative estimate of drug-likeness (QED) is 0.824. The number of hydrogen-bond acceptors (Lipinski definition) is 4. The summed E-state index contributed by atoms with van der Waals surface area (Å²) in [4.78, 5) is 30.7. The van der Waals surface area contributed by atoms with Crippen LogP contribution >= 0.6 is 11.3 Å². The van der Waals surface area contributed by atoms with Gasteiger partial charge in [0.05, 0.1) is 23.3 Å². The summed E-state index contributed by atoms with van der Waals surface area (Å²) in [6, 6.07) is -0.691. The second kappa shape index (κ2) is 8.43. The first-order chi connectivity index (χ1) is 10.6. The maximum Gasteiger partial charge on any atom is 0.318 e. The summed E-state index contributed by atoms with van der Waals surface area (Å²) in [6.45, 7) is 12.2. The molecule has 1 aromatic heterocycles. The molecule has 0 aromatic carbocycles. The maximum absolute atomic E-state index is 12.4. The summed E-state index contributed by atoms with van der Waals surface area (Å²) >= 11 is 1.62. The first-order valence-corrected chi connectivity index (χ1v) is 9.01. The van der Waals surface area contributed by atoms with Crippen LogP contribution in [0, 0.1) is 11.8 Å². The van der Waals surface area contributed by atoms with E-state index < -0.39 is 6.04 Å². The van der Waals surface area contributed by atoms with Gasteiger partial charge in [0, 0.05) is 24.3 Å². The van der Waals surface area contributed by atoms with Gasteiger partial charge in [-0.2, -0.15) is 0 Å². The molecule has 23 heavy (non-hydrogen) atoms. The molecular formula is C17H29N3O2S. The second-order valence-electron chi connectivity index (χ2n) is 6.92. The third kappa shape index (κ3) is 5.61. The summed E-state index contributed by atoms with van der Waals surface area (Å²) in [5.74, 6) is 0.425. The summed E-state index contributed by atoms with van der Waals surface area (Å²) in [6.07, 6.45) is 0. The molecule has 1 aromatic rings. The van der Waals surface area contributed by atoms with Crippen molar-refractivity contribution in [3.63, 3.8) is 0 Å². The smallest absolute Gasteiger partial charge is 0.318 e. The average molecular weight is 340 g/mol. The zero-order valence-electron chi connectivity index (χ0n) is 15.2. The van der Waals surface area contributed by atoms with Crippen LogP contribution in [0.5, 0.6) is 0 Å². The predicted molar refractivity (Wildman–Crippen MR) is 94.7 cm³/mol. The van der Waals surface area contributed by atoms with Crippen LogP contribution in [0.15, 0.2) is 5.38 Å². The number of urea groups is 1. The largest absolute Gasteiger partial charge is 0.328 e. The van der Waals surface area contributed by atoms with Crippen LogP contribution in [-0.2, 0) is 11.3 Å². The monoisotopic (exact) mass is 339 g/mol. The Kier molecular flexibility index (Phi) is 7.19. The Hall–Kier alpha value is -1.43. The van der Waals surface area contributed by atoms with E-state index in [0.29, 0.717) is 12.5 Å². The number of carbonyl (C=O) groups excluding carboxylic acids is 2. The Balaban J connectivity index is 2.69. The maximum atomic E-state index is 12.4. The van der Waals surface area contributed by atoms with Crippen LogP contribution in [-0.4, -0.2) is 34.8 Å². The number of amides is 2. The molecule has 0 spiro atoms. The van der Waals surface area contributed by atoms with Gasteiger partial charge in [0.25, 0.3) is 0 Å². The highest BCUT2D eigenvalue weighted by Crippen LogP contribution is 2.20. The van der Waals surface area contributed by atoms with Crippen LogP contribution in [0.2, 0.25) is 0 Å². The molecule has 2 amide bonds. The minimum atomic E-state index is -0.452. The van der Waals surface area contributed by atoms with Crippen molar-refractivity contribution in [3.05, 3.63) is 16.1 Å². The first-order valence-electron chi connectivity index (χ1n) is 8.13. The highest BCUT2D eigenvalue weighted by molar-refractivity contribution is 7.09. The molecule has 1 heterocycles. The van der Waals surface area contributed by atoms with E-state index in [-0.39, 0.29) is 23.7 Å². The topological polar surface area (TPSA) is 62.3 Å². The lowest BCUT2D eigenvalue weighted by Gasteiger charge is -2.26. The van der Waals surface area contributed by atoms with Gasteiger partial charge in [-0.25, -0.2) is 9.78 Å². The van der Waals surface area contributed by atoms with Crippen LogP contribution in [0.25, 0.3) is 0 Å². The van der Waals surface area contributed by atoms with Gasteiger partial charge >= 0.3 is 6.03 Å². The molecule has 1 atom stereocenters. The first kappa shape index (κ1) is 19.6. The van der Waals surface area contributed by atoms with Crippen molar-refractivity contribution in [1.29, 1.82) is 0 Å². The van der Waals surface area contributed by atoms with Crippen molar-refractivity contribution in [2.24, 2.45) is 11.8 Å². The number of aromatic nitrogens is 1. The van der Waals surface area contributed by atoms with E-state index in [1.165, 1.54) is 0 Å². The molecule has 5 nitrogen and oxygen atoms in total. The Morgan fingerprint density at radius 1 is 1.22 bits per heavy atom. The zero-order valence-corrected chi connectivity index (χ0v) is 16.0. The van der Waals surface area contributed by atoms with E-state index in [0.717, 1.165) is 10.7 Å². The van der Waals surface area contributed by atoms with Gasteiger partial charge in [-0.1, -0.05) is 41.5 Å². The molecule has 1 N–H and O–H groups in total. The lowest BCUT2D eigenvalue weighted by atomic mass is 9.93. The zero-order chi connectivity index (χ0) is 17.7. The lowest BCUT2D eigenvalue weighted by Crippen LogP contribution is -2.50. The minimum Gasteiger partial charge on any atom is -0.328 e. The summed E-state index contributed by atoms with van der Waals surface area (Å²) < 4.78 is 0. The molecule has 1 rings (SSSR count). The fourth-order valence-corrected chi connectivity index (χ4v) is 2.97. The van der Waals surface area contributed by atoms with Crippen LogP contribution < -0.4 is 5.32 Å². The number of hydrogen-bond donors (Lipinski definition) is 1. The van der Waals surface area contributed by atoms with E-state index in [9.17, 15) is 9.59 Å². The van der Waals surface area contributed by atoms with Crippen LogP contribution in [0.1, 0.15) is 58.2 Å². The number of ketones is 1. The molecule has 0 aliphatic rings. The minimum absolute atomic E-state index is 0.0640. The predicted octanol–water partition coefficient (Wildman–Crippen LogP) is 3.66. The average Bonchev–Trinajstić information content (AvgIpc) is 2.91. The van der Waals surface area contributed by atoms with E-state index in [1.807, 2.05) is 33.1 Å². The highest BCUT2D eigenvalue weighted by Gasteiger charge is 2.27. The van der Waals surface area contributed by atoms with Crippen molar-refractivity contribution in [1.82, 2.24) is 15.2 Å². The Labute approximate surface area is 143 Å². The van der Waals surface area contributed by atoms with Gasteiger partial charge in [0.2, 0.25) is 0 Å². The number of thiazole rings is 1. The molecule has 0 aliphatic heterocycles.